The van der Waals surface area contributed by atoms with Gasteiger partial charge in [-0.1, -0.05) is 33.6 Å². The average Bonchev–Trinajstić information content (AvgIpc) is 2.64. The van der Waals surface area contributed by atoms with Gasteiger partial charge in [-0.3, -0.25) is 0 Å². The van der Waals surface area contributed by atoms with Crippen molar-refractivity contribution in [3.05, 3.63) is 29.3 Å². The molecule has 0 bridgehead atoms. The Morgan fingerprint density at radius 3 is 3.00 bits per heavy atom. The van der Waals surface area contributed by atoms with E-state index in [0.717, 1.165) is 22.4 Å². The van der Waals surface area contributed by atoms with Crippen molar-refractivity contribution in [2.24, 2.45) is 0 Å². The Kier molecular flexibility index (Phi) is 2.77. The second-order valence-electron chi connectivity index (χ2n) is 3.24. The van der Waals surface area contributed by atoms with Crippen molar-refractivity contribution in [3.63, 3.8) is 0 Å². The Hall–Kier alpha value is -0.960. The van der Waals surface area contributed by atoms with Gasteiger partial charge in [0, 0.05) is 5.33 Å². The summed E-state index contributed by atoms with van der Waals surface area (Å²) < 4.78 is 10.5. The van der Waals surface area contributed by atoms with Crippen molar-refractivity contribution >= 4 is 22.0 Å². The monoisotopic (exact) mass is 254 g/mol. The molecule has 0 saturated heterocycles. The molecule has 0 saturated carbocycles. The number of fused-ring (bicyclic) bond motifs is 1. The van der Waals surface area contributed by atoms with E-state index in [-0.39, 0.29) is 0 Å². The highest BCUT2D eigenvalue weighted by molar-refractivity contribution is 9.09. The number of hydrogen-bond donors (Lipinski definition) is 0. The van der Waals surface area contributed by atoms with E-state index in [0.29, 0.717) is 6.79 Å². The molecule has 0 spiro atoms. The van der Waals surface area contributed by atoms with Gasteiger partial charge >= 0.3 is 0 Å². The van der Waals surface area contributed by atoms with Crippen LogP contribution >= 0.6 is 15.9 Å². The molecule has 3 heteroatoms. The third kappa shape index (κ3) is 1.93. The number of hydrogen-bond acceptors (Lipinski definition) is 2. The maximum Gasteiger partial charge on any atom is 0.231 e. The second kappa shape index (κ2) is 4.05. The zero-order valence-corrected chi connectivity index (χ0v) is 9.50. The van der Waals surface area contributed by atoms with Crippen LogP contribution in [0.25, 0.3) is 6.08 Å². The zero-order valence-electron chi connectivity index (χ0n) is 7.92. The summed E-state index contributed by atoms with van der Waals surface area (Å²) >= 11 is 3.41. The Balaban J connectivity index is 2.29. The van der Waals surface area contributed by atoms with Gasteiger partial charge in [-0.05, 0) is 24.6 Å². The van der Waals surface area contributed by atoms with Crippen LogP contribution in [0.15, 0.2) is 23.8 Å². The lowest BCUT2D eigenvalue weighted by Crippen LogP contribution is -1.92. The van der Waals surface area contributed by atoms with E-state index in [2.05, 4.69) is 28.9 Å². The van der Waals surface area contributed by atoms with Gasteiger partial charge in [0.2, 0.25) is 6.79 Å². The van der Waals surface area contributed by atoms with Gasteiger partial charge in [0.25, 0.3) is 0 Å². The van der Waals surface area contributed by atoms with E-state index in [1.54, 1.807) is 0 Å². The van der Waals surface area contributed by atoms with Crippen LogP contribution < -0.4 is 9.47 Å². The van der Waals surface area contributed by atoms with Crippen molar-refractivity contribution in [3.8, 4) is 11.5 Å². The second-order valence-corrected chi connectivity index (χ2v) is 3.80. The minimum atomic E-state index is 0.333. The zero-order chi connectivity index (χ0) is 9.97. The topological polar surface area (TPSA) is 18.5 Å². The van der Waals surface area contributed by atoms with Crippen LogP contribution in [0.2, 0.25) is 0 Å². The summed E-state index contributed by atoms with van der Waals surface area (Å²) in [6, 6.07) is 5.96. The molecule has 1 aromatic rings. The summed E-state index contributed by atoms with van der Waals surface area (Å²) in [4.78, 5) is 0. The van der Waals surface area contributed by atoms with Gasteiger partial charge in [-0.25, -0.2) is 0 Å². The minimum absolute atomic E-state index is 0.333. The number of ether oxygens (including phenoxy) is 2. The van der Waals surface area contributed by atoms with Gasteiger partial charge in [0.15, 0.2) is 11.5 Å². The summed E-state index contributed by atoms with van der Waals surface area (Å²) in [7, 11) is 0. The molecule has 14 heavy (non-hydrogen) atoms. The molecule has 0 aliphatic carbocycles. The first-order chi connectivity index (χ1) is 6.79. The van der Waals surface area contributed by atoms with Crippen LogP contribution in [0.4, 0.5) is 0 Å². The maximum atomic E-state index is 5.29. The largest absolute Gasteiger partial charge is 0.454 e. The molecule has 0 unspecified atom stereocenters. The van der Waals surface area contributed by atoms with Crippen molar-refractivity contribution in [2.75, 3.05) is 12.1 Å². The minimum Gasteiger partial charge on any atom is -0.454 e. The number of alkyl halides is 1. The van der Waals surface area contributed by atoms with E-state index < -0.39 is 0 Å². The number of allylic oxidation sites excluding steroid dienone is 1. The fourth-order valence-electron chi connectivity index (χ4n) is 1.33. The summed E-state index contributed by atoms with van der Waals surface area (Å²) in [6.07, 6.45) is 2.12. The summed E-state index contributed by atoms with van der Waals surface area (Å²) in [5, 5.41) is 0.890. The first-order valence-electron chi connectivity index (χ1n) is 4.42. The molecule has 2 nitrogen and oxygen atoms in total. The van der Waals surface area contributed by atoms with Crippen molar-refractivity contribution in [1.82, 2.24) is 0 Å². The van der Waals surface area contributed by atoms with Crippen molar-refractivity contribution in [2.45, 2.75) is 6.92 Å². The molecule has 0 fully saturated rings. The third-order valence-electron chi connectivity index (χ3n) is 2.02. The van der Waals surface area contributed by atoms with Crippen LogP contribution in [0.3, 0.4) is 0 Å². The van der Waals surface area contributed by atoms with E-state index in [4.69, 9.17) is 9.47 Å². The molecule has 1 aromatic carbocycles. The van der Waals surface area contributed by atoms with Gasteiger partial charge < -0.3 is 9.47 Å². The van der Waals surface area contributed by atoms with Crippen LogP contribution in [0.1, 0.15) is 12.5 Å². The predicted molar refractivity (Wildman–Crippen MR) is 60.0 cm³/mol. The molecule has 1 heterocycles. The molecule has 1 aliphatic rings. The van der Waals surface area contributed by atoms with E-state index in [1.807, 2.05) is 18.2 Å². The smallest absolute Gasteiger partial charge is 0.231 e. The van der Waals surface area contributed by atoms with Crippen LogP contribution in [0.5, 0.6) is 11.5 Å². The lowest BCUT2D eigenvalue weighted by atomic mass is 10.1. The average molecular weight is 255 g/mol. The fraction of sp³-hybridized carbons (Fsp3) is 0.273. The number of halogens is 1. The molecule has 0 N–H and O–H groups in total. The number of benzene rings is 1. The predicted octanol–water partition coefficient (Wildman–Crippen LogP) is 3.21. The van der Waals surface area contributed by atoms with E-state index in [9.17, 15) is 0 Å². The van der Waals surface area contributed by atoms with E-state index in [1.165, 1.54) is 5.57 Å². The Morgan fingerprint density at radius 1 is 1.43 bits per heavy atom. The molecule has 0 aromatic heterocycles. The number of rotatable bonds is 2. The lowest BCUT2D eigenvalue weighted by Gasteiger charge is -1.99. The molecule has 2 rings (SSSR count). The Morgan fingerprint density at radius 2 is 2.21 bits per heavy atom. The molecule has 0 amide bonds. The van der Waals surface area contributed by atoms with Gasteiger partial charge in [0.05, 0.1) is 0 Å². The highest BCUT2D eigenvalue weighted by Crippen LogP contribution is 2.33. The highest BCUT2D eigenvalue weighted by atomic mass is 79.9. The summed E-state index contributed by atoms with van der Waals surface area (Å²) in [5.74, 6) is 1.67. The third-order valence-corrected chi connectivity index (χ3v) is 2.90. The van der Waals surface area contributed by atoms with Gasteiger partial charge in [-0.15, -0.1) is 0 Å². The normalized spacial score (nSPS) is 14.6. The SMILES string of the molecule is CC(=Cc1ccc2c(c1)OCO2)CBr. The first-order valence-corrected chi connectivity index (χ1v) is 5.54. The van der Waals surface area contributed by atoms with Crippen molar-refractivity contribution in [1.29, 1.82) is 0 Å². The molecule has 74 valence electrons. The van der Waals surface area contributed by atoms with Crippen LogP contribution in [-0.2, 0) is 0 Å². The van der Waals surface area contributed by atoms with Gasteiger partial charge in [0.1, 0.15) is 0 Å². The molecular formula is C11H11BrO2. The van der Waals surface area contributed by atoms with E-state index >= 15 is 0 Å². The summed E-state index contributed by atoms with van der Waals surface area (Å²) in [5.41, 5.74) is 2.43. The van der Waals surface area contributed by atoms with Crippen LogP contribution in [0, 0.1) is 0 Å². The van der Waals surface area contributed by atoms with Crippen molar-refractivity contribution < 1.29 is 9.47 Å². The fourth-order valence-corrected chi connectivity index (χ4v) is 1.49. The van der Waals surface area contributed by atoms with Gasteiger partial charge in [-0.2, -0.15) is 0 Å². The standard InChI is InChI=1S/C11H11BrO2/c1-8(6-12)4-9-2-3-10-11(5-9)14-7-13-10/h2-5H,6-7H2,1H3. The maximum absolute atomic E-state index is 5.29. The quantitative estimate of drug-likeness (QED) is 0.755. The molecule has 1 aliphatic heterocycles. The summed E-state index contributed by atoms with van der Waals surface area (Å²) in [6.45, 7) is 2.42. The molecule has 0 atom stereocenters. The highest BCUT2D eigenvalue weighted by Gasteiger charge is 2.12. The van der Waals surface area contributed by atoms with Crippen LogP contribution in [-0.4, -0.2) is 12.1 Å². The molecular weight excluding hydrogens is 244 g/mol. The first kappa shape index (κ1) is 9.59. The molecule has 0 radical (unpaired) electrons. The lowest BCUT2D eigenvalue weighted by molar-refractivity contribution is 0.174. The Labute approximate surface area is 91.7 Å². The Bertz CT molecular complexity index is 372.